The van der Waals surface area contributed by atoms with Crippen molar-refractivity contribution in [2.45, 2.75) is 26.8 Å². The Labute approximate surface area is 102 Å². The molecule has 0 saturated carbocycles. The maximum absolute atomic E-state index is 8.64. The van der Waals surface area contributed by atoms with Crippen LogP contribution in [0.15, 0.2) is 23.5 Å². The lowest BCUT2D eigenvalue weighted by Gasteiger charge is -2.29. The molecule has 94 valence electrons. The van der Waals surface area contributed by atoms with Crippen LogP contribution in [0.4, 0.5) is 5.82 Å². The Kier molecular flexibility index (Phi) is 4.31. The van der Waals surface area contributed by atoms with Gasteiger partial charge in [0.1, 0.15) is 5.82 Å². The molecule has 17 heavy (non-hydrogen) atoms. The second-order valence-electron chi connectivity index (χ2n) is 4.48. The van der Waals surface area contributed by atoms with E-state index in [9.17, 15) is 0 Å². The van der Waals surface area contributed by atoms with Crippen molar-refractivity contribution in [1.82, 2.24) is 4.98 Å². The molecule has 0 radical (unpaired) electrons. The molecule has 1 atom stereocenters. The van der Waals surface area contributed by atoms with Gasteiger partial charge < -0.3 is 15.8 Å². The standard InChI is InChI=1S/C12H20N4O/c1-8(2)9(3)16(4)11-7-10(5-6-14-11)12(13)15-17/h5-9,17H,1-4H3,(H2,13,15). The third kappa shape index (κ3) is 3.09. The van der Waals surface area contributed by atoms with Gasteiger partial charge in [0.15, 0.2) is 5.84 Å². The number of nitrogens with zero attached hydrogens (tertiary/aromatic N) is 3. The fourth-order valence-corrected chi connectivity index (χ4v) is 1.48. The van der Waals surface area contributed by atoms with Crippen molar-refractivity contribution in [1.29, 1.82) is 0 Å². The Hall–Kier alpha value is -1.78. The summed E-state index contributed by atoms with van der Waals surface area (Å²) in [4.78, 5) is 6.38. The minimum absolute atomic E-state index is 0.0965. The fraction of sp³-hybridized carbons (Fsp3) is 0.500. The SMILES string of the molecule is CC(C)C(C)N(C)c1cc(/C(N)=N/O)ccn1. The molecule has 0 amide bonds. The van der Waals surface area contributed by atoms with Crippen molar-refractivity contribution in [3.05, 3.63) is 23.9 Å². The van der Waals surface area contributed by atoms with Crippen LogP contribution < -0.4 is 10.6 Å². The first kappa shape index (κ1) is 13.3. The lowest BCUT2D eigenvalue weighted by Crippen LogP contribution is -2.34. The molecule has 1 rings (SSSR count). The number of oxime groups is 1. The molecule has 0 bridgehead atoms. The zero-order valence-corrected chi connectivity index (χ0v) is 10.8. The lowest BCUT2D eigenvalue weighted by molar-refractivity contribution is 0.318. The van der Waals surface area contributed by atoms with Crippen LogP contribution in [0.5, 0.6) is 0 Å². The van der Waals surface area contributed by atoms with E-state index >= 15 is 0 Å². The van der Waals surface area contributed by atoms with Gasteiger partial charge in [0.05, 0.1) is 0 Å². The third-order valence-corrected chi connectivity index (χ3v) is 3.09. The quantitative estimate of drug-likeness (QED) is 0.361. The summed E-state index contributed by atoms with van der Waals surface area (Å²) in [6, 6.07) is 3.89. The van der Waals surface area contributed by atoms with Crippen molar-refractivity contribution in [2.24, 2.45) is 16.8 Å². The number of rotatable bonds is 4. The van der Waals surface area contributed by atoms with Gasteiger partial charge in [-0.2, -0.15) is 0 Å². The largest absolute Gasteiger partial charge is 0.409 e. The van der Waals surface area contributed by atoms with Crippen molar-refractivity contribution in [3.8, 4) is 0 Å². The molecule has 3 N–H and O–H groups in total. The van der Waals surface area contributed by atoms with Gasteiger partial charge in [0.25, 0.3) is 0 Å². The molecule has 0 aliphatic carbocycles. The molecule has 0 fully saturated rings. The van der Waals surface area contributed by atoms with Crippen LogP contribution >= 0.6 is 0 Å². The first-order chi connectivity index (χ1) is 7.97. The average Bonchev–Trinajstić information content (AvgIpc) is 2.36. The van der Waals surface area contributed by atoms with E-state index < -0.39 is 0 Å². The van der Waals surface area contributed by atoms with Crippen LogP contribution in [0.1, 0.15) is 26.3 Å². The van der Waals surface area contributed by atoms with Crippen LogP contribution in [0, 0.1) is 5.92 Å². The number of nitrogens with two attached hydrogens (primary N) is 1. The van der Waals surface area contributed by atoms with Gasteiger partial charge in [-0.15, -0.1) is 0 Å². The zero-order valence-electron chi connectivity index (χ0n) is 10.8. The fourth-order valence-electron chi connectivity index (χ4n) is 1.48. The van der Waals surface area contributed by atoms with Gasteiger partial charge in [-0.3, -0.25) is 0 Å². The Morgan fingerprint density at radius 2 is 2.12 bits per heavy atom. The van der Waals surface area contributed by atoms with E-state index in [4.69, 9.17) is 10.9 Å². The zero-order chi connectivity index (χ0) is 13.0. The number of aromatic nitrogens is 1. The minimum atomic E-state index is 0.0965. The summed E-state index contributed by atoms with van der Waals surface area (Å²) >= 11 is 0. The van der Waals surface area contributed by atoms with E-state index in [2.05, 4.69) is 35.8 Å². The normalized spacial score (nSPS) is 13.8. The smallest absolute Gasteiger partial charge is 0.170 e. The molecular weight excluding hydrogens is 216 g/mol. The summed E-state index contributed by atoms with van der Waals surface area (Å²) in [7, 11) is 1.99. The highest BCUT2D eigenvalue weighted by Crippen LogP contribution is 2.17. The van der Waals surface area contributed by atoms with Crippen LogP contribution in [0.2, 0.25) is 0 Å². The van der Waals surface area contributed by atoms with E-state index in [1.54, 1.807) is 12.3 Å². The molecule has 1 heterocycles. The highest BCUT2D eigenvalue weighted by Gasteiger charge is 2.15. The van der Waals surface area contributed by atoms with Gasteiger partial charge in [-0.25, -0.2) is 4.98 Å². The Morgan fingerprint density at radius 1 is 1.47 bits per heavy atom. The predicted octanol–water partition coefficient (Wildman–Crippen LogP) is 1.66. The number of amidine groups is 1. The van der Waals surface area contributed by atoms with E-state index in [-0.39, 0.29) is 5.84 Å². The van der Waals surface area contributed by atoms with Crippen molar-refractivity contribution in [2.75, 3.05) is 11.9 Å². The van der Waals surface area contributed by atoms with Gasteiger partial charge in [-0.05, 0) is 25.0 Å². The number of hydrogen-bond donors (Lipinski definition) is 2. The van der Waals surface area contributed by atoms with E-state index in [0.717, 1.165) is 5.82 Å². The highest BCUT2D eigenvalue weighted by atomic mass is 16.4. The van der Waals surface area contributed by atoms with E-state index in [1.807, 2.05) is 13.1 Å². The summed E-state index contributed by atoms with van der Waals surface area (Å²) in [6.45, 7) is 6.46. The van der Waals surface area contributed by atoms with Crippen LogP contribution in [-0.2, 0) is 0 Å². The third-order valence-electron chi connectivity index (χ3n) is 3.09. The summed E-state index contributed by atoms with van der Waals surface area (Å²) in [5.41, 5.74) is 6.22. The Morgan fingerprint density at radius 3 is 2.65 bits per heavy atom. The first-order valence-electron chi connectivity index (χ1n) is 5.64. The Balaban J connectivity index is 2.99. The number of pyridine rings is 1. The van der Waals surface area contributed by atoms with Crippen LogP contribution in [0.3, 0.4) is 0 Å². The van der Waals surface area contributed by atoms with Crippen LogP contribution in [-0.4, -0.2) is 29.1 Å². The summed E-state index contributed by atoms with van der Waals surface area (Å²) < 4.78 is 0. The summed E-state index contributed by atoms with van der Waals surface area (Å²) in [6.07, 6.45) is 1.66. The number of anilines is 1. The van der Waals surface area contributed by atoms with Gasteiger partial charge in [0, 0.05) is 24.8 Å². The molecule has 0 spiro atoms. The van der Waals surface area contributed by atoms with E-state index in [0.29, 0.717) is 17.5 Å². The topological polar surface area (TPSA) is 74.7 Å². The van der Waals surface area contributed by atoms with Crippen molar-refractivity contribution < 1.29 is 5.21 Å². The maximum Gasteiger partial charge on any atom is 0.170 e. The molecule has 1 aromatic heterocycles. The molecule has 5 nitrogen and oxygen atoms in total. The minimum Gasteiger partial charge on any atom is -0.409 e. The van der Waals surface area contributed by atoms with Gasteiger partial charge in [0.2, 0.25) is 0 Å². The first-order valence-corrected chi connectivity index (χ1v) is 5.64. The number of hydrogen-bond acceptors (Lipinski definition) is 4. The summed E-state index contributed by atoms with van der Waals surface area (Å²) in [5, 5.41) is 11.6. The molecule has 0 aliphatic rings. The van der Waals surface area contributed by atoms with Crippen molar-refractivity contribution >= 4 is 11.7 Å². The predicted molar refractivity (Wildman–Crippen MR) is 69.5 cm³/mol. The molecule has 1 aromatic rings. The molecule has 5 heteroatoms. The molecule has 0 aromatic carbocycles. The molecule has 1 unspecified atom stereocenters. The van der Waals surface area contributed by atoms with Crippen LogP contribution in [0.25, 0.3) is 0 Å². The molecular formula is C12H20N4O. The van der Waals surface area contributed by atoms with Gasteiger partial charge in [-0.1, -0.05) is 19.0 Å². The second-order valence-corrected chi connectivity index (χ2v) is 4.48. The monoisotopic (exact) mass is 236 g/mol. The average molecular weight is 236 g/mol. The Bertz CT molecular complexity index is 403. The molecule has 0 saturated heterocycles. The van der Waals surface area contributed by atoms with Crippen molar-refractivity contribution in [3.63, 3.8) is 0 Å². The highest BCUT2D eigenvalue weighted by molar-refractivity contribution is 5.97. The lowest BCUT2D eigenvalue weighted by atomic mass is 10.1. The maximum atomic E-state index is 8.64. The second kappa shape index (κ2) is 5.52. The van der Waals surface area contributed by atoms with Gasteiger partial charge >= 0.3 is 0 Å². The summed E-state index contributed by atoms with van der Waals surface area (Å²) in [5.74, 6) is 1.43. The van der Waals surface area contributed by atoms with E-state index in [1.165, 1.54) is 0 Å². The molecule has 0 aliphatic heterocycles.